The fraction of sp³-hybridized carbons (Fsp3) is 0.190. The molecule has 0 aliphatic heterocycles. The fourth-order valence-electron chi connectivity index (χ4n) is 3.06. The van der Waals surface area contributed by atoms with Gasteiger partial charge in [0, 0.05) is 18.0 Å². The Bertz CT molecular complexity index is 1360. The Kier molecular flexibility index (Phi) is 6.67. The number of H-pyrrole nitrogens is 1. The van der Waals surface area contributed by atoms with Gasteiger partial charge >= 0.3 is 18.0 Å². The number of aromatic amines is 1. The van der Waals surface area contributed by atoms with Crippen LogP contribution in [0, 0.1) is 0 Å². The Morgan fingerprint density at radius 2 is 1.46 bits per heavy atom. The number of carbonyl (C=O) groups excluding carboxylic acids is 1. The van der Waals surface area contributed by atoms with E-state index in [9.17, 15) is 40.7 Å². The maximum Gasteiger partial charge on any atom is 0.416 e. The molecule has 8 nitrogen and oxygen atoms in total. The predicted molar refractivity (Wildman–Crippen MR) is 110 cm³/mol. The van der Waals surface area contributed by atoms with Gasteiger partial charge in [-0.05, 0) is 30.3 Å². The number of ether oxygens (including phenoxy) is 2. The largest absolute Gasteiger partial charge is 0.493 e. The molecule has 0 saturated heterocycles. The third-order valence-corrected chi connectivity index (χ3v) is 4.69. The lowest BCUT2D eigenvalue weighted by atomic mass is 10.1. The average Bonchev–Trinajstić information content (AvgIpc) is 2.77. The highest BCUT2D eigenvalue weighted by molar-refractivity contribution is 6.04. The minimum absolute atomic E-state index is 0.0537. The van der Waals surface area contributed by atoms with Crippen molar-refractivity contribution in [3.8, 4) is 17.2 Å². The topological polar surface area (TPSA) is 102 Å². The molecule has 0 bridgehead atoms. The van der Waals surface area contributed by atoms with Crippen LogP contribution in [-0.2, 0) is 12.4 Å². The van der Waals surface area contributed by atoms with Crippen LogP contribution in [0.1, 0.15) is 21.5 Å². The van der Waals surface area contributed by atoms with Crippen LogP contribution in [0.4, 0.5) is 32.0 Å². The van der Waals surface area contributed by atoms with Gasteiger partial charge in [0.1, 0.15) is 5.56 Å². The lowest BCUT2D eigenvalue weighted by Gasteiger charge is -2.15. The lowest BCUT2D eigenvalue weighted by molar-refractivity contribution is -0.143. The Balaban J connectivity index is 2.07. The molecule has 3 aromatic rings. The van der Waals surface area contributed by atoms with Crippen molar-refractivity contribution in [2.45, 2.75) is 12.4 Å². The number of aromatic nitrogens is 2. The number of hydrogen-bond acceptors (Lipinski definition) is 5. The summed E-state index contributed by atoms with van der Waals surface area (Å²) in [4.78, 5) is 39.9. The third kappa shape index (κ3) is 5.31. The summed E-state index contributed by atoms with van der Waals surface area (Å²) in [5.41, 5.74) is -7.16. The van der Waals surface area contributed by atoms with Crippen LogP contribution in [0.25, 0.3) is 5.69 Å². The standard InChI is InChI=1S/C21H15F6N3O5/c1-34-15-4-3-13(8-16(15)35-2)30-18(32)14(9-28-19(30)33)17(31)29-12-6-10(20(22,23)24)5-11(7-12)21(25,26)27/h3-9H,1-2H3,(H,28,33)(H,29,31). The van der Waals surface area contributed by atoms with Crippen LogP contribution in [-0.4, -0.2) is 29.7 Å². The molecule has 1 heterocycles. The molecule has 0 aliphatic rings. The van der Waals surface area contributed by atoms with Crippen LogP contribution in [0.3, 0.4) is 0 Å². The van der Waals surface area contributed by atoms with Crippen LogP contribution < -0.4 is 26.0 Å². The summed E-state index contributed by atoms with van der Waals surface area (Å²) >= 11 is 0. The van der Waals surface area contributed by atoms with Crippen LogP contribution in [0.15, 0.2) is 52.2 Å². The van der Waals surface area contributed by atoms with Crippen molar-refractivity contribution in [2.24, 2.45) is 0 Å². The highest BCUT2D eigenvalue weighted by Crippen LogP contribution is 2.37. The van der Waals surface area contributed by atoms with Crippen molar-refractivity contribution in [1.82, 2.24) is 9.55 Å². The Labute approximate surface area is 191 Å². The SMILES string of the molecule is COc1ccc(-n2c(=O)[nH]cc(C(=O)Nc3cc(C(F)(F)F)cc(C(F)(F)F)c3)c2=O)cc1OC. The number of carbonyl (C=O) groups is 1. The first-order chi connectivity index (χ1) is 16.3. The molecular formula is C21H15F6N3O5. The normalized spacial score (nSPS) is 11.8. The molecule has 35 heavy (non-hydrogen) atoms. The van der Waals surface area contributed by atoms with Crippen LogP contribution in [0.5, 0.6) is 11.5 Å². The molecular weight excluding hydrogens is 488 g/mol. The molecule has 2 N–H and O–H groups in total. The third-order valence-electron chi connectivity index (χ3n) is 4.69. The molecule has 0 saturated carbocycles. The zero-order valence-electron chi connectivity index (χ0n) is 17.8. The number of nitrogens with one attached hydrogen (secondary N) is 2. The number of hydrogen-bond donors (Lipinski definition) is 2. The smallest absolute Gasteiger partial charge is 0.416 e. The Hall–Kier alpha value is -4.23. The van der Waals surface area contributed by atoms with Gasteiger partial charge in [-0.2, -0.15) is 26.3 Å². The first kappa shape index (κ1) is 25.4. The van der Waals surface area contributed by atoms with Crippen LogP contribution in [0.2, 0.25) is 0 Å². The molecule has 1 amide bonds. The maximum atomic E-state index is 13.1. The summed E-state index contributed by atoms with van der Waals surface area (Å²) in [6.07, 6.45) is -9.59. The van der Waals surface area contributed by atoms with E-state index < -0.39 is 51.9 Å². The molecule has 1 aromatic heterocycles. The van der Waals surface area contributed by atoms with E-state index in [0.717, 1.165) is 0 Å². The number of amides is 1. The van der Waals surface area contributed by atoms with E-state index >= 15 is 0 Å². The number of anilines is 1. The number of methoxy groups -OCH3 is 2. The number of rotatable bonds is 5. The summed E-state index contributed by atoms with van der Waals surface area (Å²) < 4.78 is 89.1. The lowest BCUT2D eigenvalue weighted by Crippen LogP contribution is -2.38. The highest BCUT2D eigenvalue weighted by Gasteiger charge is 2.37. The summed E-state index contributed by atoms with van der Waals surface area (Å²) in [5.74, 6) is -0.956. The van der Waals surface area contributed by atoms with Gasteiger partial charge in [-0.15, -0.1) is 0 Å². The van der Waals surface area contributed by atoms with E-state index in [1.54, 1.807) is 0 Å². The first-order valence-corrected chi connectivity index (χ1v) is 9.44. The molecule has 0 radical (unpaired) electrons. The van der Waals surface area contributed by atoms with Crippen molar-refractivity contribution in [1.29, 1.82) is 0 Å². The molecule has 14 heteroatoms. The summed E-state index contributed by atoms with van der Waals surface area (Å²) in [6, 6.07) is 4.37. The van der Waals surface area contributed by atoms with E-state index in [1.165, 1.54) is 32.4 Å². The predicted octanol–water partition coefficient (Wildman–Crippen LogP) is 3.83. The molecule has 0 spiro atoms. The Morgan fingerprint density at radius 3 is 1.97 bits per heavy atom. The molecule has 3 rings (SSSR count). The highest BCUT2D eigenvalue weighted by atomic mass is 19.4. The summed E-state index contributed by atoms with van der Waals surface area (Å²) in [6.45, 7) is 0. The van der Waals surface area contributed by atoms with Crippen molar-refractivity contribution < 1.29 is 40.6 Å². The molecule has 0 aliphatic carbocycles. The maximum absolute atomic E-state index is 13.1. The van der Waals surface area contributed by atoms with Gasteiger partial charge in [-0.1, -0.05) is 0 Å². The molecule has 0 unspecified atom stereocenters. The van der Waals surface area contributed by atoms with Gasteiger partial charge < -0.3 is 19.8 Å². The van der Waals surface area contributed by atoms with Crippen molar-refractivity contribution in [2.75, 3.05) is 19.5 Å². The minimum atomic E-state index is -5.14. The van der Waals surface area contributed by atoms with Gasteiger partial charge in [-0.25, -0.2) is 9.36 Å². The van der Waals surface area contributed by atoms with Crippen molar-refractivity contribution in [3.63, 3.8) is 0 Å². The van der Waals surface area contributed by atoms with E-state index in [2.05, 4.69) is 4.98 Å². The number of nitrogens with zero attached hydrogens (tertiary/aromatic N) is 1. The van der Waals surface area contributed by atoms with Gasteiger partial charge in [0.05, 0.1) is 31.0 Å². The monoisotopic (exact) mass is 503 g/mol. The number of alkyl halides is 6. The average molecular weight is 503 g/mol. The van der Waals surface area contributed by atoms with Gasteiger partial charge in [0.25, 0.3) is 11.5 Å². The quantitative estimate of drug-likeness (QED) is 0.516. The molecule has 186 valence electrons. The fourth-order valence-corrected chi connectivity index (χ4v) is 3.06. The van der Waals surface area contributed by atoms with Gasteiger partial charge in [-0.3, -0.25) is 9.59 Å². The second-order valence-electron chi connectivity index (χ2n) is 6.94. The van der Waals surface area contributed by atoms with E-state index in [0.29, 0.717) is 10.8 Å². The van der Waals surface area contributed by atoms with Crippen molar-refractivity contribution in [3.05, 3.63) is 80.1 Å². The van der Waals surface area contributed by atoms with Crippen LogP contribution >= 0.6 is 0 Å². The second kappa shape index (κ2) is 9.19. The zero-order valence-corrected chi connectivity index (χ0v) is 17.8. The number of benzene rings is 2. The van der Waals surface area contributed by atoms with Crippen molar-refractivity contribution >= 4 is 11.6 Å². The summed E-state index contributed by atoms with van der Waals surface area (Å²) in [7, 11) is 2.64. The van der Waals surface area contributed by atoms with Gasteiger partial charge in [0.15, 0.2) is 11.5 Å². The zero-order chi connectivity index (χ0) is 26.1. The van der Waals surface area contributed by atoms with E-state index in [-0.39, 0.29) is 35.4 Å². The van der Waals surface area contributed by atoms with E-state index in [1.807, 2.05) is 5.32 Å². The first-order valence-electron chi connectivity index (χ1n) is 9.44. The number of halogens is 6. The summed E-state index contributed by atoms with van der Waals surface area (Å²) in [5, 5.41) is 1.84. The second-order valence-corrected chi connectivity index (χ2v) is 6.94. The minimum Gasteiger partial charge on any atom is -0.493 e. The molecule has 0 atom stereocenters. The molecule has 2 aromatic carbocycles. The molecule has 0 fully saturated rings. The Morgan fingerprint density at radius 1 is 0.886 bits per heavy atom. The van der Waals surface area contributed by atoms with E-state index in [4.69, 9.17) is 9.47 Å². The van der Waals surface area contributed by atoms with Gasteiger partial charge in [0.2, 0.25) is 0 Å².